The summed E-state index contributed by atoms with van der Waals surface area (Å²) in [6.45, 7) is 2.64. The van der Waals surface area contributed by atoms with Crippen LogP contribution in [0.4, 0.5) is 0 Å². The van der Waals surface area contributed by atoms with E-state index in [0.717, 1.165) is 37.7 Å². The number of hydrogen-bond donors (Lipinski definition) is 1. The summed E-state index contributed by atoms with van der Waals surface area (Å²) in [6, 6.07) is 6.90. The largest absolute Gasteiger partial charge is 0.240 e. The van der Waals surface area contributed by atoms with E-state index in [0.29, 0.717) is 17.3 Å². The average molecular weight is 304 g/mol. The maximum Gasteiger partial charge on any atom is 0.240 e. The van der Waals surface area contributed by atoms with Gasteiger partial charge >= 0.3 is 0 Å². The molecule has 3 nitrogen and oxygen atoms in total. The van der Waals surface area contributed by atoms with Crippen molar-refractivity contribution < 1.29 is 8.42 Å². The minimum Gasteiger partial charge on any atom is -0.211 e. The number of unbranched alkanes of at least 4 members (excludes halogenated alkanes) is 3. The third-order valence-corrected chi connectivity index (χ3v) is 4.61. The predicted molar refractivity (Wildman–Crippen MR) is 80.2 cm³/mol. The number of aryl methyl sites for hydroxylation is 1. The molecule has 0 spiro atoms. The highest BCUT2D eigenvalue weighted by Crippen LogP contribution is 2.11. The minimum atomic E-state index is -3.36. The van der Waals surface area contributed by atoms with Crippen molar-refractivity contribution in [2.75, 3.05) is 12.4 Å². The molecular weight excluding hydrogens is 282 g/mol. The summed E-state index contributed by atoms with van der Waals surface area (Å²) in [5.41, 5.74) is 1.05. The second-order valence-corrected chi connectivity index (χ2v) is 6.69. The second kappa shape index (κ2) is 8.56. The van der Waals surface area contributed by atoms with Gasteiger partial charge < -0.3 is 0 Å². The van der Waals surface area contributed by atoms with Gasteiger partial charge in [0, 0.05) is 12.4 Å². The standard InChI is InChI=1S/C14H22ClNO2S/c1-2-3-4-5-12-16-19(17,18)14-8-6-13(7-9-14)10-11-15/h6-9,16H,2-5,10-12H2,1H3. The van der Waals surface area contributed by atoms with E-state index in [1.54, 1.807) is 12.1 Å². The third-order valence-electron chi connectivity index (χ3n) is 2.94. The first-order valence-corrected chi connectivity index (χ1v) is 8.76. The lowest BCUT2D eigenvalue weighted by molar-refractivity contribution is 0.573. The molecule has 19 heavy (non-hydrogen) atoms. The molecule has 0 bridgehead atoms. The number of benzene rings is 1. The van der Waals surface area contributed by atoms with Crippen molar-refractivity contribution in [3.05, 3.63) is 29.8 Å². The number of nitrogens with one attached hydrogen (secondary N) is 1. The Morgan fingerprint density at radius 2 is 1.79 bits per heavy atom. The number of halogens is 1. The van der Waals surface area contributed by atoms with Gasteiger partial charge in [0.25, 0.3) is 0 Å². The number of alkyl halides is 1. The van der Waals surface area contributed by atoms with Crippen LogP contribution in [0.25, 0.3) is 0 Å². The summed E-state index contributed by atoms with van der Waals surface area (Å²) in [7, 11) is -3.36. The highest BCUT2D eigenvalue weighted by Gasteiger charge is 2.12. The molecule has 0 aliphatic heterocycles. The van der Waals surface area contributed by atoms with E-state index in [9.17, 15) is 8.42 Å². The monoisotopic (exact) mass is 303 g/mol. The van der Waals surface area contributed by atoms with E-state index in [1.165, 1.54) is 0 Å². The lowest BCUT2D eigenvalue weighted by Crippen LogP contribution is -2.24. The van der Waals surface area contributed by atoms with Crippen molar-refractivity contribution in [2.24, 2.45) is 0 Å². The molecule has 0 saturated heterocycles. The summed E-state index contributed by atoms with van der Waals surface area (Å²) in [6.07, 6.45) is 5.00. The molecular formula is C14H22ClNO2S. The molecule has 0 aliphatic rings. The average Bonchev–Trinajstić information content (AvgIpc) is 2.39. The Labute approximate surface area is 121 Å². The van der Waals surface area contributed by atoms with Crippen molar-refractivity contribution in [3.63, 3.8) is 0 Å². The highest BCUT2D eigenvalue weighted by atomic mass is 35.5. The summed E-state index contributed by atoms with van der Waals surface area (Å²) < 4.78 is 26.6. The van der Waals surface area contributed by atoms with Gasteiger partial charge in [-0.05, 0) is 30.5 Å². The fourth-order valence-electron chi connectivity index (χ4n) is 1.79. The Hall–Kier alpha value is -0.580. The molecule has 0 aromatic heterocycles. The maximum absolute atomic E-state index is 12.0. The molecule has 5 heteroatoms. The molecule has 1 aromatic carbocycles. The van der Waals surface area contributed by atoms with Crippen LogP contribution in [0.5, 0.6) is 0 Å². The zero-order valence-electron chi connectivity index (χ0n) is 11.4. The topological polar surface area (TPSA) is 46.2 Å². The first-order valence-electron chi connectivity index (χ1n) is 6.74. The molecule has 0 heterocycles. The van der Waals surface area contributed by atoms with Crippen LogP contribution in [-0.2, 0) is 16.4 Å². The fraction of sp³-hybridized carbons (Fsp3) is 0.571. The zero-order valence-corrected chi connectivity index (χ0v) is 12.9. The van der Waals surface area contributed by atoms with E-state index in [1.807, 2.05) is 12.1 Å². The molecule has 0 unspecified atom stereocenters. The van der Waals surface area contributed by atoms with Gasteiger partial charge in [0.05, 0.1) is 4.90 Å². The predicted octanol–water partition coefficient (Wildman–Crippen LogP) is 3.33. The first kappa shape index (κ1) is 16.5. The normalized spacial score (nSPS) is 11.7. The van der Waals surface area contributed by atoms with Gasteiger partial charge in [-0.2, -0.15) is 0 Å². The number of sulfonamides is 1. The van der Waals surface area contributed by atoms with Gasteiger partial charge in [-0.3, -0.25) is 0 Å². The summed E-state index contributed by atoms with van der Waals surface area (Å²) in [4.78, 5) is 0.321. The van der Waals surface area contributed by atoms with Gasteiger partial charge in [0.15, 0.2) is 0 Å². The smallest absolute Gasteiger partial charge is 0.211 e. The molecule has 1 N–H and O–H groups in total. The van der Waals surface area contributed by atoms with Crippen molar-refractivity contribution in [3.8, 4) is 0 Å². The van der Waals surface area contributed by atoms with Crippen LogP contribution in [0, 0.1) is 0 Å². The Morgan fingerprint density at radius 1 is 1.11 bits per heavy atom. The van der Waals surface area contributed by atoms with Crippen LogP contribution in [0.1, 0.15) is 38.2 Å². The van der Waals surface area contributed by atoms with Crippen LogP contribution in [0.15, 0.2) is 29.2 Å². The van der Waals surface area contributed by atoms with Crippen molar-refractivity contribution in [1.82, 2.24) is 4.72 Å². The van der Waals surface area contributed by atoms with Crippen LogP contribution in [0.3, 0.4) is 0 Å². The van der Waals surface area contributed by atoms with Crippen molar-refractivity contribution in [2.45, 2.75) is 43.9 Å². The molecule has 1 aromatic rings. The molecule has 0 aliphatic carbocycles. The summed E-state index contributed by atoms with van der Waals surface area (Å²) in [5.74, 6) is 0.543. The molecule has 0 amide bonds. The lowest BCUT2D eigenvalue weighted by atomic mass is 10.2. The van der Waals surface area contributed by atoms with E-state index in [2.05, 4.69) is 11.6 Å². The highest BCUT2D eigenvalue weighted by molar-refractivity contribution is 7.89. The van der Waals surface area contributed by atoms with E-state index < -0.39 is 10.0 Å². The molecule has 0 radical (unpaired) electrons. The summed E-state index contributed by atoms with van der Waals surface area (Å²) in [5, 5.41) is 0. The Morgan fingerprint density at radius 3 is 2.37 bits per heavy atom. The van der Waals surface area contributed by atoms with Crippen LogP contribution >= 0.6 is 11.6 Å². The van der Waals surface area contributed by atoms with Crippen LogP contribution in [0.2, 0.25) is 0 Å². The quantitative estimate of drug-likeness (QED) is 0.562. The fourth-order valence-corrected chi connectivity index (χ4v) is 3.08. The van der Waals surface area contributed by atoms with Gasteiger partial charge in [0.1, 0.15) is 0 Å². The molecule has 1 rings (SSSR count). The van der Waals surface area contributed by atoms with Crippen LogP contribution in [-0.4, -0.2) is 20.8 Å². The van der Waals surface area contributed by atoms with Crippen molar-refractivity contribution in [1.29, 1.82) is 0 Å². The van der Waals surface area contributed by atoms with Crippen molar-refractivity contribution >= 4 is 21.6 Å². The van der Waals surface area contributed by atoms with Crippen LogP contribution < -0.4 is 4.72 Å². The Kier molecular flexibility index (Phi) is 7.42. The number of hydrogen-bond acceptors (Lipinski definition) is 2. The third kappa shape index (κ3) is 5.93. The molecule has 0 fully saturated rings. The van der Waals surface area contributed by atoms with Gasteiger partial charge in [0.2, 0.25) is 10.0 Å². The molecule has 0 atom stereocenters. The molecule has 108 valence electrons. The Bertz CT molecular complexity index is 457. The maximum atomic E-state index is 12.0. The lowest BCUT2D eigenvalue weighted by Gasteiger charge is -2.07. The first-order chi connectivity index (χ1) is 9.10. The summed E-state index contributed by atoms with van der Waals surface area (Å²) >= 11 is 5.65. The van der Waals surface area contributed by atoms with Gasteiger partial charge in [-0.1, -0.05) is 38.3 Å². The SMILES string of the molecule is CCCCCCNS(=O)(=O)c1ccc(CCCl)cc1. The van der Waals surface area contributed by atoms with E-state index in [4.69, 9.17) is 11.6 Å². The minimum absolute atomic E-state index is 0.321. The number of rotatable bonds is 9. The van der Waals surface area contributed by atoms with E-state index in [-0.39, 0.29) is 0 Å². The van der Waals surface area contributed by atoms with Gasteiger partial charge in [-0.25, -0.2) is 13.1 Å². The second-order valence-electron chi connectivity index (χ2n) is 4.54. The van der Waals surface area contributed by atoms with E-state index >= 15 is 0 Å². The molecule has 0 saturated carbocycles. The zero-order chi connectivity index (χ0) is 14.1. The Balaban J connectivity index is 2.52. The van der Waals surface area contributed by atoms with Gasteiger partial charge in [-0.15, -0.1) is 11.6 Å².